The Morgan fingerprint density at radius 2 is 1.68 bits per heavy atom. The molecule has 4 aromatic rings. The SMILES string of the molecule is O=C(NC(Cc1ccccc1)C(=O)Nc1ccc(-n2cncn2)nc1)c1ccccc1. The minimum Gasteiger partial charge on any atom is -0.340 e. The molecule has 31 heavy (non-hydrogen) atoms. The van der Waals surface area contributed by atoms with E-state index in [1.54, 1.807) is 36.4 Å². The van der Waals surface area contributed by atoms with Crippen LogP contribution in [0.5, 0.6) is 0 Å². The highest BCUT2D eigenvalue weighted by Gasteiger charge is 2.22. The molecule has 0 saturated heterocycles. The van der Waals surface area contributed by atoms with Crippen molar-refractivity contribution in [2.45, 2.75) is 12.5 Å². The average Bonchev–Trinajstić information content (AvgIpc) is 3.35. The molecule has 0 bridgehead atoms. The van der Waals surface area contributed by atoms with Crippen LogP contribution in [0, 0.1) is 0 Å². The molecule has 0 saturated carbocycles. The van der Waals surface area contributed by atoms with Gasteiger partial charge in [-0.3, -0.25) is 9.59 Å². The lowest BCUT2D eigenvalue weighted by Crippen LogP contribution is -2.45. The Morgan fingerprint density at radius 3 is 2.32 bits per heavy atom. The number of carbonyl (C=O) groups excluding carboxylic acids is 2. The number of hydrogen-bond donors (Lipinski definition) is 2. The lowest BCUT2D eigenvalue weighted by molar-refractivity contribution is -0.118. The van der Waals surface area contributed by atoms with E-state index in [0.29, 0.717) is 23.5 Å². The minimum absolute atomic E-state index is 0.309. The fourth-order valence-corrected chi connectivity index (χ4v) is 3.04. The second-order valence-electron chi connectivity index (χ2n) is 6.82. The van der Waals surface area contributed by atoms with Crippen LogP contribution in [0.4, 0.5) is 5.69 Å². The van der Waals surface area contributed by atoms with Crippen LogP contribution < -0.4 is 10.6 Å². The van der Waals surface area contributed by atoms with Gasteiger partial charge >= 0.3 is 0 Å². The number of benzene rings is 2. The Kier molecular flexibility index (Phi) is 6.08. The first kappa shape index (κ1) is 20.0. The Balaban J connectivity index is 1.49. The molecule has 2 aromatic carbocycles. The summed E-state index contributed by atoms with van der Waals surface area (Å²) in [6.07, 6.45) is 4.85. The second-order valence-corrected chi connectivity index (χ2v) is 6.82. The zero-order valence-electron chi connectivity index (χ0n) is 16.6. The van der Waals surface area contributed by atoms with Crippen molar-refractivity contribution in [2.24, 2.45) is 0 Å². The predicted molar refractivity (Wildman–Crippen MR) is 116 cm³/mol. The van der Waals surface area contributed by atoms with Crippen LogP contribution in [0.2, 0.25) is 0 Å². The van der Waals surface area contributed by atoms with Crippen molar-refractivity contribution in [2.75, 3.05) is 5.32 Å². The molecule has 0 aliphatic carbocycles. The first-order valence-electron chi connectivity index (χ1n) is 9.71. The van der Waals surface area contributed by atoms with Gasteiger partial charge in [0.05, 0.1) is 11.9 Å². The highest BCUT2D eigenvalue weighted by atomic mass is 16.2. The van der Waals surface area contributed by atoms with Crippen molar-refractivity contribution in [1.29, 1.82) is 0 Å². The molecule has 0 fully saturated rings. The minimum atomic E-state index is -0.759. The van der Waals surface area contributed by atoms with Gasteiger partial charge in [-0.1, -0.05) is 48.5 Å². The van der Waals surface area contributed by atoms with Gasteiger partial charge in [-0.25, -0.2) is 14.6 Å². The first-order valence-corrected chi connectivity index (χ1v) is 9.71. The van der Waals surface area contributed by atoms with E-state index in [1.165, 1.54) is 23.5 Å². The van der Waals surface area contributed by atoms with E-state index in [1.807, 2.05) is 36.4 Å². The quantitative estimate of drug-likeness (QED) is 0.486. The number of rotatable bonds is 7. The van der Waals surface area contributed by atoms with Crippen molar-refractivity contribution < 1.29 is 9.59 Å². The maximum absolute atomic E-state index is 13.0. The molecule has 0 spiro atoms. The largest absolute Gasteiger partial charge is 0.340 e. The van der Waals surface area contributed by atoms with E-state index in [4.69, 9.17) is 0 Å². The number of aromatic nitrogens is 4. The molecule has 2 N–H and O–H groups in total. The summed E-state index contributed by atoms with van der Waals surface area (Å²) in [5.74, 6) is -0.0616. The molecule has 0 radical (unpaired) electrons. The van der Waals surface area contributed by atoms with Gasteiger partial charge in [0.2, 0.25) is 5.91 Å². The summed E-state index contributed by atoms with van der Waals surface area (Å²) in [6.45, 7) is 0. The summed E-state index contributed by atoms with van der Waals surface area (Å²) in [4.78, 5) is 33.8. The number of amides is 2. The standard InChI is InChI=1S/C23H20N6O2/c30-22(18-9-5-2-6-10-18)28-20(13-17-7-3-1-4-8-17)23(31)27-19-11-12-21(25-14-19)29-16-24-15-26-29/h1-12,14-16,20H,13H2,(H,27,31)(H,28,30). The third kappa shape index (κ3) is 5.18. The van der Waals surface area contributed by atoms with Crippen molar-refractivity contribution in [3.8, 4) is 5.82 Å². The molecule has 0 aliphatic rings. The molecule has 8 heteroatoms. The van der Waals surface area contributed by atoms with Gasteiger partial charge in [0.1, 0.15) is 18.7 Å². The zero-order valence-corrected chi connectivity index (χ0v) is 16.6. The first-order chi connectivity index (χ1) is 15.2. The maximum atomic E-state index is 13.0. The van der Waals surface area contributed by atoms with E-state index >= 15 is 0 Å². The lowest BCUT2D eigenvalue weighted by Gasteiger charge is -2.19. The van der Waals surface area contributed by atoms with Gasteiger partial charge in [-0.2, -0.15) is 5.10 Å². The molecule has 1 unspecified atom stereocenters. The number of nitrogens with one attached hydrogen (secondary N) is 2. The molecule has 1 atom stereocenters. The molecular formula is C23H20N6O2. The Morgan fingerprint density at radius 1 is 0.935 bits per heavy atom. The fraction of sp³-hybridized carbons (Fsp3) is 0.0870. The van der Waals surface area contributed by atoms with Gasteiger partial charge in [-0.15, -0.1) is 0 Å². The van der Waals surface area contributed by atoms with Crippen molar-refractivity contribution in [1.82, 2.24) is 25.1 Å². The van der Waals surface area contributed by atoms with Crippen LogP contribution in [-0.4, -0.2) is 37.6 Å². The molecule has 2 aromatic heterocycles. The average molecular weight is 412 g/mol. The summed E-state index contributed by atoms with van der Waals surface area (Å²) in [5.41, 5.74) is 1.95. The number of hydrogen-bond acceptors (Lipinski definition) is 5. The van der Waals surface area contributed by atoms with Gasteiger partial charge in [0.15, 0.2) is 5.82 Å². The summed E-state index contributed by atoms with van der Waals surface area (Å²) in [5, 5.41) is 9.69. The number of carbonyl (C=O) groups is 2. The van der Waals surface area contributed by atoms with Gasteiger partial charge < -0.3 is 10.6 Å². The Hall–Kier alpha value is -4.33. The molecule has 2 amide bonds. The van der Waals surface area contributed by atoms with Gasteiger partial charge in [0.25, 0.3) is 5.91 Å². The monoisotopic (exact) mass is 412 g/mol. The van der Waals surface area contributed by atoms with Crippen LogP contribution in [0.25, 0.3) is 5.82 Å². The third-order valence-electron chi connectivity index (χ3n) is 4.61. The van der Waals surface area contributed by atoms with E-state index in [2.05, 4.69) is 25.7 Å². The van der Waals surface area contributed by atoms with E-state index in [-0.39, 0.29) is 11.8 Å². The summed E-state index contributed by atoms with van der Waals surface area (Å²) in [6, 6.07) is 21.0. The summed E-state index contributed by atoms with van der Waals surface area (Å²) in [7, 11) is 0. The highest BCUT2D eigenvalue weighted by molar-refractivity contribution is 6.01. The summed E-state index contributed by atoms with van der Waals surface area (Å²) < 4.78 is 1.52. The lowest BCUT2D eigenvalue weighted by atomic mass is 10.0. The third-order valence-corrected chi connectivity index (χ3v) is 4.61. The fourth-order valence-electron chi connectivity index (χ4n) is 3.04. The molecular weight excluding hydrogens is 392 g/mol. The zero-order chi connectivity index (χ0) is 21.5. The smallest absolute Gasteiger partial charge is 0.251 e. The van der Waals surface area contributed by atoms with Crippen LogP contribution >= 0.6 is 0 Å². The van der Waals surface area contributed by atoms with Crippen LogP contribution in [0.15, 0.2) is 91.6 Å². The van der Waals surface area contributed by atoms with Crippen molar-refractivity contribution in [3.63, 3.8) is 0 Å². The van der Waals surface area contributed by atoms with E-state index in [0.717, 1.165) is 5.56 Å². The molecule has 0 aliphatic heterocycles. The van der Waals surface area contributed by atoms with Crippen molar-refractivity contribution >= 4 is 17.5 Å². The maximum Gasteiger partial charge on any atom is 0.251 e. The second kappa shape index (κ2) is 9.45. The van der Waals surface area contributed by atoms with Crippen LogP contribution in [0.1, 0.15) is 15.9 Å². The molecule has 2 heterocycles. The predicted octanol–water partition coefficient (Wildman–Crippen LogP) is 2.64. The molecule has 154 valence electrons. The Labute approximate surface area is 179 Å². The Bertz CT molecular complexity index is 1130. The van der Waals surface area contributed by atoms with Gasteiger partial charge in [-0.05, 0) is 29.8 Å². The van der Waals surface area contributed by atoms with E-state index < -0.39 is 6.04 Å². The summed E-state index contributed by atoms with van der Waals surface area (Å²) >= 11 is 0. The van der Waals surface area contributed by atoms with Crippen LogP contribution in [-0.2, 0) is 11.2 Å². The van der Waals surface area contributed by atoms with Crippen molar-refractivity contribution in [3.05, 3.63) is 103 Å². The van der Waals surface area contributed by atoms with Gasteiger partial charge in [0, 0.05) is 12.0 Å². The molecule has 4 rings (SSSR count). The highest BCUT2D eigenvalue weighted by Crippen LogP contribution is 2.11. The number of nitrogens with zero attached hydrogens (tertiary/aromatic N) is 4. The number of anilines is 1. The number of pyridine rings is 1. The van der Waals surface area contributed by atoms with Crippen LogP contribution in [0.3, 0.4) is 0 Å². The topological polar surface area (TPSA) is 102 Å². The van der Waals surface area contributed by atoms with E-state index in [9.17, 15) is 9.59 Å². The normalized spacial score (nSPS) is 11.5. The molecule has 8 nitrogen and oxygen atoms in total.